The predicted octanol–water partition coefficient (Wildman–Crippen LogP) is 5.51. The van der Waals surface area contributed by atoms with E-state index in [1.807, 2.05) is 39.0 Å². The minimum atomic E-state index is -3.75. The van der Waals surface area contributed by atoms with E-state index in [1.54, 1.807) is 24.1 Å². The molecule has 37 heavy (non-hydrogen) atoms. The second kappa shape index (κ2) is 9.46. The van der Waals surface area contributed by atoms with Gasteiger partial charge in [-0.05, 0) is 92.6 Å². The van der Waals surface area contributed by atoms with Gasteiger partial charge in [0.2, 0.25) is 15.9 Å². The SMILES string of the molecule is Cc1cc(S(=O)(=O)NCCCN2c3ccccc3CCc3ccc(Cl)cc32)cc2c1N(C)C(=O)C2(C)C. The first-order chi connectivity index (χ1) is 17.5. The fraction of sp³-hybridized carbons (Fsp3) is 0.345. The van der Waals surface area contributed by atoms with Gasteiger partial charge < -0.3 is 9.80 Å². The molecule has 3 aromatic carbocycles. The van der Waals surface area contributed by atoms with Crippen molar-refractivity contribution in [2.45, 2.75) is 50.3 Å². The van der Waals surface area contributed by atoms with Crippen LogP contribution in [0.4, 0.5) is 17.1 Å². The van der Waals surface area contributed by atoms with Crippen molar-refractivity contribution in [3.8, 4) is 0 Å². The Morgan fingerprint density at radius 1 is 1.00 bits per heavy atom. The number of amides is 1. The van der Waals surface area contributed by atoms with Crippen LogP contribution in [0, 0.1) is 6.92 Å². The molecule has 0 atom stereocenters. The van der Waals surface area contributed by atoms with Crippen molar-refractivity contribution < 1.29 is 13.2 Å². The van der Waals surface area contributed by atoms with Gasteiger partial charge in [0.05, 0.1) is 16.0 Å². The molecule has 1 N–H and O–H groups in total. The molecule has 0 aromatic heterocycles. The number of rotatable bonds is 6. The molecule has 3 aromatic rings. The van der Waals surface area contributed by atoms with Crippen molar-refractivity contribution in [3.05, 3.63) is 81.9 Å². The van der Waals surface area contributed by atoms with Crippen LogP contribution in [0.25, 0.3) is 0 Å². The number of carbonyl (C=O) groups is 1. The summed E-state index contributed by atoms with van der Waals surface area (Å²) in [5.74, 6) is -0.0359. The number of aryl methyl sites for hydroxylation is 3. The fourth-order valence-electron chi connectivity index (χ4n) is 5.61. The zero-order valence-electron chi connectivity index (χ0n) is 21.6. The van der Waals surface area contributed by atoms with Gasteiger partial charge in [-0.2, -0.15) is 0 Å². The Morgan fingerprint density at radius 3 is 2.46 bits per heavy atom. The summed E-state index contributed by atoms with van der Waals surface area (Å²) < 4.78 is 29.3. The molecule has 194 valence electrons. The van der Waals surface area contributed by atoms with Crippen LogP contribution in [0.15, 0.2) is 59.5 Å². The van der Waals surface area contributed by atoms with Crippen LogP contribution in [0.2, 0.25) is 5.02 Å². The molecule has 5 rings (SSSR count). The summed E-state index contributed by atoms with van der Waals surface area (Å²) in [4.78, 5) is 16.8. The Morgan fingerprint density at radius 2 is 1.70 bits per heavy atom. The maximum absolute atomic E-state index is 13.3. The van der Waals surface area contributed by atoms with Gasteiger partial charge in [-0.25, -0.2) is 13.1 Å². The van der Waals surface area contributed by atoms with Gasteiger partial charge in [-0.1, -0.05) is 35.9 Å². The van der Waals surface area contributed by atoms with Gasteiger partial charge in [0.1, 0.15) is 0 Å². The Kier molecular flexibility index (Phi) is 6.59. The zero-order chi connectivity index (χ0) is 26.5. The smallest absolute Gasteiger partial charge is 0.240 e. The Hall–Kier alpha value is -2.87. The third-order valence-electron chi connectivity index (χ3n) is 7.57. The first kappa shape index (κ1) is 25.8. The number of nitrogens with one attached hydrogen (secondary N) is 1. The minimum absolute atomic E-state index is 0.0359. The number of para-hydroxylation sites is 1. The van der Waals surface area contributed by atoms with Crippen LogP contribution in [0.3, 0.4) is 0 Å². The Balaban J connectivity index is 1.35. The topological polar surface area (TPSA) is 69.7 Å². The van der Waals surface area contributed by atoms with Crippen LogP contribution in [0.5, 0.6) is 0 Å². The van der Waals surface area contributed by atoms with E-state index in [9.17, 15) is 13.2 Å². The van der Waals surface area contributed by atoms with Crippen LogP contribution in [-0.4, -0.2) is 34.5 Å². The quantitative estimate of drug-likeness (QED) is 0.421. The first-order valence-corrected chi connectivity index (χ1v) is 14.4. The highest BCUT2D eigenvalue weighted by molar-refractivity contribution is 7.89. The summed E-state index contributed by atoms with van der Waals surface area (Å²) in [5, 5.41) is 0.683. The van der Waals surface area contributed by atoms with Crippen LogP contribution >= 0.6 is 11.6 Å². The molecular weight excluding hydrogens is 506 g/mol. The molecule has 0 saturated heterocycles. The second-order valence-corrected chi connectivity index (χ2v) is 12.6. The molecule has 2 aliphatic heterocycles. The number of hydrogen-bond donors (Lipinski definition) is 1. The summed E-state index contributed by atoms with van der Waals surface area (Å²) in [6.07, 6.45) is 2.48. The lowest BCUT2D eigenvalue weighted by Gasteiger charge is -2.27. The average Bonchev–Trinajstić information content (AvgIpc) is 2.96. The molecule has 1 amide bonds. The number of halogens is 1. The number of anilines is 3. The highest BCUT2D eigenvalue weighted by Gasteiger charge is 2.43. The van der Waals surface area contributed by atoms with E-state index in [0.717, 1.165) is 41.0 Å². The lowest BCUT2D eigenvalue weighted by atomic mass is 9.85. The van der Waals surface area contributed by atoms with Crippen molar-refractivity contribution in [3.63, 3.8) is 0 Å². The first-order valence-electron chi connectivity index (χ1n) is 12.6. The number of sulfonamides is 1. The largest absolute Gasteiger partial charge is 0.341 e. The van der Waals surface area contributed by atoms with E-state index in [-0.39, 0.29) is 17.3 Å². The van der Waals surface area contributed by atoms with Crippen molar-refractivity contribution in [1.82, 2.24) is 4.72 Å². The molecular formula is C29H32ClN3O3S. The summed E-state index contributed by atoms with van der Waals surface area (Å²) in [6, 6.07) is 17.7. The van der Waals surface area contributed by atoms with E-state index in [2.05, 4.69) is 33.9 Å². The minimum Gasteiger partial charge on any atom is -0.341 e. The molecule has 6 nitrogen and oxygen atoms in total. The van der Waals surface area contributed by atoms with Crippen molar-refractivity contribution in [1.29, 1.82) is 0 Å². The highest BCUT2D eigenvalue weighted by Crippen LogP contribution is 2.44. The average molecular weight is 538 g/mol. The maximum Gasteiger partial charge on any atom is 0.240 e. The second-order valence-electron chi connectivity index (χ2n) is 10.4. The monoisotopic (exact) mass is 537 g/mol. The predicted molar refractivity (Wildman–Crippen MR) is 150 cm³/mol. The van der Waals surface area contributed by atoms with E-state index < -0.39 is 15.4 Å². The third-order valence-corrected chi connectivity index (χ3v) is 9.24. The molecule has 8 heteroatoms. The zero-order valence-corrected chi connectivity index (χ0v) is 23.2. The number of carbonyl (C=O) groups excluding carboxylic acids is 1. The lowest BCUT2D eigenvalue weighted by Crippen LogP contribution is -2.33. The van der Waals surface area contributed by atoms with E-state index in [4.69, 9.17) is 11.6 Å². The summed E-state index contributed by atoms with van der Waals surface area (Å²) >= 11 is 6.36. The third kappa shape index (κ3) is 4.54. The molecule has 0 bridgehead atoms. The van der Waals surface area contributed by atoms with E-state index in [1.165, 1.54) is 11.1 Å². The van der Waals surface area contributed by atoms with E-state index >= 15 is 0 Å². The lowest BCUT2D eigenvalue weighted by molar-refractivity contribution is -0.121. The highest BCUT2D eigenvalue weighted by atomic mass is 35.5. The number of nitrogens with zero attached hydrogens (tertiary/aromatic N) is 2. The normalized spacial score (nSPS) is 16.3. The Bertz CT molecular complexity index is 1500. The van der Waals surface area contributed by atoms with Crippen molar-refractivity contribution in [2.24, 2.45) is 0 Å². The molecule has 0 spiro atoms. The fourth-order valence-corrected chi connectivity index (χ4v) is 6.96. The standard InChI is InChI=1S/C29H32ClN3O3S/c1-19-16-23(18-24-27(19)32(4)28(34)29(24,2)3)37(35,36)31-14-7-15-33-25-9-6-5-8-20(25)10-11-21-12-13-22(30)17-26(21)33/h5-6,8-9,12-13,16-18,31H,7,10-11,14-15H2,1-4H3. The van der Waals surface area contributed by atoms with Crippen LogP contribution in [0.1, 0.15) is 42.5 Å². The molecule has 0 unspecified atom stereocenters. The van der Waals surface area contributed by atoms with Crippen LogP contribution < -0.4 is 14.5 Å². The summed E-state index contributed by atoms with van der Waals surface area (Å²) in [7, 11) is -2.01. The number of benzene rings is 3. The van der Waals surface area contributed by atoms with Gasteiger partial charge >= 0.3 is 0 Å². The molecule has 0 saturated carbocycles. The van der Waals surface area contributed by atoms with Gasteiger partial charge in [0.25, 0.3) is 0 Å². The van der Waals surface area contributed by atoms with E-state index in [0.29, 0.717) is 18.0 Å². The number of likely N-dealkylation sites (N-methyl/N-ethyl adjacent to an activating group) is 1. The van der Waals surface area contributed by atoms with Crippen molar-refractivity contribution in [2.75, 3.05) is 29.9 Å². The van der Waals surface area contributed by atoms with Crippen LogP contribution in [-0.2, 0) is 33.1 Å². The number of fused-ring (bicyclic) bond motifs is 3. The maximum atomic E-state index is 13.3. The molecule has 2 heterocycles. The summed E-state index contributed by atoms with van der Waals surface area (Å²) in [6.45, 7) is 6.45. The molecule has 0 radical (unpaired) electrons. The molecule has 0 aliphatic carbocycles. The van der Waals surface area contributed by atoms with Gasteiger partial charge in [-0.3, -0.25) is 4.79 Å². The van der Waals surface area contributed by atoms with Gasteiger partial charge in [-0.15, -0.1) is 0 Å². The number of hydrogen-bond acceptors (Lipinski definition) is 4. The van der Waals surface area contributed by atoms with Crippen molar-refractivity contribution >= 4 is 44.6 Å². The Labute approximate surface area is 224 Å². The molecule has 0 fully saturated rings. The van der Waals surface area contributed by atoms with Gasteiger partial charge in [0.15, 0.2) is 0 Å². The summed E-state index contributed by atoms with van der Waals surface area (Å²) in [5.41, 5.74) is 6.26. The van der Waals surface area contributed by atoms with Gasteiger partial charge in [0, 0.05) is 36.5 Å². The molecule has 2 aliphatic rings.